The summed E-state index contributed by atoms with van der Waals surface area (Å²) in [7, 11) is 0. The monoisotopic (exact) mass is 151 g/mol. The van der Waals surface area contributed by atoms with Crippen LogP contribution in [0.3, 0.4) is 0 Å². The SMILES string of the molecule is C=CC[CH]CC1CCCCC1. The van der Waals surface area contributed by atoms with E-state index >= 15 is 0 Å². The van der Waals surface area contributed by atoms with Gasteiger partial charge in [-0.3, -0.25) is 0 Å². The minimum absolute atomic E-state index is 1.00. The third-order valence-electron chi connectivity index (χ3n) is 2.56. The maximum atomic E-state index is 3.71. The number of rotatable bonds is 4. The lowest BCUT2D eigenvalue weighted by Gasteiger charge is -2.20. The molecule has 11 heavy (non-hydrogen) atoms. The van der Waals surface area contributed by atoms with Gasteiger partial charge in [-0.15, -0.1) is 6.58 Å². The summed E-state index contributed by atoms with van der Waals surface area (Å²) in [6, 6.07) is 0. The van der Waals surface area contributed by atoms with E-state index in [0.717, 1.165) is 12.3 Å². The van der Waals surface area contributed by atoms with Crippen LogP contribution in [0, 0.1) is 12.3 Å². The zero-order valence-electron chi connectivity index (χ0n) is 7.39. The fourth-order valence-corrected chi connectivity index (χ4v) is 1.87. The van der Waals surface area contributed by atoms with Gasteiger partial charge in [0.05, 0.1) is 0 Å². The van der Waals surface area contributed by atoms with Gasteiger partial charge in [-0.2, -0.15) is 0 Å². The first-order valence-electron chi connectivity index (χ1n) is 4.86. The average molecular weight is 151 g/mol. The van der Waals surface area contributed by atoms with E-state index in [9.17, 15) is 0 Å². The van der Waals surface area contributed by atoms with Crippen molar-refractivity contribution in [3.63, 3.8) is 0 Å². The Morgan fingerprint density at radius 1 is 1.18 bits per heavy atom. The Kier molecular flexibility index (Phi) is 4.33. The van der Waals surface area contributed by atoms with Gasteiger partial charge in [-0.05, 0) is 25.2 Å². The molecule has 0 atom stereocenters. The van der Waals surface area contributed by atoms with Crippen LogP contribution in [-0.2, 0) is 0 Å². The highest BCUT2D eigenvalue weighted by Gasteiger charge is 2.11. The van der Waals surface area contributed by atoms with Crippen LogP contribution < -0.4 is 0 Å². The Hall–Kier alpha value is -0.260. The first-order valence-corrected chi connectivity index (χ1v) is 4.86. The molecule has 0 heterocycles. The zero-order chi connectivity index (χ0) is 7.94. The van der Waals surface area contributed by atoms with Crippen LogP contribution in [0.15, 0.2) is 12.7 Å². The summed E-state index contributed by atoms with van der Waals surface area (Å²) < 4.78 is 0. The normalized spacial score (nSPS) is 20.0. The Balaban J connectivity index is 2.00. The van der Waals surface area contributed by atoms with Gasteiger partial charge in [0.25, 0.3) is 0 Å². The van der Waals surface area contributed by atoms with Gasteiger partial charge in [-0.1, -0.05) is 38.2 Å². The smallest absolute Gasteiger partial charge is 0.0322 e. The molecule has 1 aliphatic rings. The molecule has 0 unspecified atom stereocenters. The number of hydrogen-bond acceptors (Lipinski definition) is 0. The molecule has 1 fully saturated rings. The van der Waals surface area contributed by atoms with Crippen LogP contribution in [0.4, 0.5) is 0 Å². The van der Waals surface area contributed by atoms with E-state index in [0.29, 0.717) is 0 Å². The zero-order valence-corrected chi connectivity index (χ0v) is 7.39. The Morgan fingerprint density at radius 3 is 2.55 bits per heavy atom. The van der Waals surface area contributed by atoms with Crippen LogP contribution in [-0.4, -0.2) is 0 Å². The van der Waals surface area contributed by atoms with Crippen LogP contribution in [0.25, 0.3) is 0 Å². The van der Waals surface area contributed by atoms with E-state index < -0.39 is 0 Å². The van der Waals surface area contributed by atoms with Crippen molar-refractivity contribution in [3.05, 3.63) is 19.1 Å². The van der Waals surface area contributed by atoms with Crippen molar-refractivity contribution in [2.45, 2.75) is 44.9 Å². The lowest BCUT2D eigenvalue weighted by molar-refractivity contribution is 0.353. The summed E-state index contributed by atoms with van der Waals surface area (Å²) in [5.74, 6) is 1.00. The van der Waals surface area contributed by atoms with E-state index in [-0.39, 0.29) is 0 Å². The molecule has 0 nitrogen and oxygen atoms in total. The van der Waals surface area contributed by atoms with Crippen molar-refractivity contribution >= 4 is 0 Å². The Morgan fingerprint density at radius 2 is 1.91 bits per heavy atom. The predicted octanol–water partition coefficient (Wildman–Crippen LogP) is 3.74. The highest BCUT2D eigenvalue weighted by atomic mass is 14.2. The van der Waals surface area contributed by atoms with Gasteiger partial charge in [0, 0.05) is 0 Å². The second-order valence-electron chi connectivity index (χ2n) is 3.55. The van der Waals surface area contributed by atoms with Gasteiger partial charge < -0.3 is 0 Å². The van der Waals surface area contributed by atoms with Crippen molar-refractivity contribution in [3.8, 4) is 0 Å². The topological polar surface area (TPSA) is 0 Å². The molecule has 0 amide bonds. The Bertz CT molecular complexity index is 98.6. The van der Waals surface area contributed by atoms with Crippen molar-refractivity contribution in [1.82, 2.24) is 0 Å². The van der Waals surface area contributed by atoms with E-state index in [4.69, 9.17) is 0 Å². The molecule has 1 rings (SSSR count). The lowest BCUT2D eigenvalue weighted by Crippen LogP contribution is -2.05. The van der Waals surface area contributed by atoms with Crippen molar-refractivity contribution in [2.75, 3.05) is 0 Å². The molecule has 0 N–H and O–H groups in total. The number of allylic oxidation sites excluding steroid dienone is 1. The molecular weight excluding hydrogens is 132 g/mol. The Labute approximate surface area is 70.7 Å². The molecule has 0 spiro atoms. The van der Waals surface area contributed by atoms with Crippen LogP contribution in [0.5, 0.6) is 0 Å². The largest absolute Gasteiger partial charge is 0.103 e. The maximum absolute atomic E-state index is 3.71. The van der Waals surface area contributed by atoms with Gasteiger partial charge in [0.2, 0.25) is 0 Å². The lowest BCUT2D eigenvalue weighted by atomic mass is 9.86. The van der Waals surface area contributed by atoms with Gasteiger partial charge in [-0.25, -0.2) is 0 Å². The van der Waals surface area contributed by atoms with Crippen LogP contribution >= 0.6 is 0 Å². The van der Waals surface area contributed by atoms with Gasteiger partial charge >= 0.3 is 0 Å². The molecule has 1 aliphatic carbocycles. The van der Waals surface area contributed by atoms with Crippen molar-refractivity contribution in [1.29, 1.82) is 0 Å². The summed E-state index contributed by atoms with van der Waals surface area (Å²) in [4.78, 5) is 0. The third kappa shape index (κ3) is 3.60. The maximum Gasteiger partial charge on any atom is -0.0322 e. The molecule has 0 aliphatic heterocycles. The van der Waals surface area contributed by atoms with E-state index in [1.807, 2.05) is 6.08 Å². The summed E-state index contributed by atoms with van der Waals surface area (Å²) in [5, 5.41) is 0. The van der Waals surface area contributed by atoms with Crippen LogP contribution in [0.2, 0.25) is 0 Å². The first kappa shape index (κ1) is 8.83. The van der Waals surface area contributed by atoms with Gasteiger partial charge in [0.15, 0.2) is 0 Å². The summed E-state index contributed by atoms with van der Waals surface area (Å²) in [5.41, 5.74) is 0. The van der Waals surface area contributed by atoms with Gasteiger partial charge in [0.1, 0.15) is 0 Å². The number of hydrogen-bond donors (Lipinski definition) is 0. The molecule has 0 saturated heterocycles. The van der Waals surface area contributed by atoms with Crippen LogP contribution in [0.1, 0.15) is 44.9 Å². The van der Waals surface area contributed by atoms with E-state index in [2.05, 4.69) is 13.0 Å². The average Bonchev–Trinajstić information content (AvgIpc) is 2.07. The first-order chi connectivity index (χ1) is 5.43. The molecule has 0 bridgehead atoms. The summed E-state index contributed by atoms with van der Waals surface area (Å²) in [6.07, 6.45) is 14.1. The summed E-state index contributed by atoms with van der Waals surface area (Å²) in [6.45, 7) is 3.71. The second-order valence-corrected chi connectivity index (χ2v) is 3.55. The standard InChI is InChI=1S/C11H19/c1-2-3-5-8-11-9-6-4-7-10-11/h2,5,11H,1,3-4,6-10H2. The molecule has 1 saturated carbocycles. The molecule has 63 valence electrons. The quantitative estimate of drug-likeness (QED) is 0.424. The highest BCUT2D eigenvalue weighted by Crippen LogP contribution is 2.27. The van der Waals surface area contributed by atoms with Crippen molar-refractivity contribution in [2.24, 2.45) is 5.92 Å². The minimum atomic E-state index is 1.00. The molecule has 1 radical (unpaired) electrons. The van der Waals surface area contributed by atoms with Crippen molar-refractivity contribution < 1.29 is 0 Å². The molecule has 0 aromatic rings. The third-order valence-corrected chi connectivity index (χ3v) is 2.56. The predicted molar refractivity (Wildman–Crippen MR) is 50.3 cm³/mol. The van der Waals surface area contributed by atoms with E-state index in [1.54, 1.807) is 0 Å². The molecule has 0 aromatic carbocycles. The van der Waals surface area contributed by atoms with E-state index in [1.165, 1.54) is 38.5 Å². The number of unbranched alkanes of at least 4 members (excludes halogenated alkanes) is 1. The molecular formula is C11H19. The highest BCUT2D eigenvalue weighted by molar-refractivity contribution is 4.81. The fourth-order valence-electron chi connectivity index (χ4n) is 1.87. The minimum Gasteiger partial charge on any atom is -0.103 e. The molecule has 0 aromatic heterocycles. The second kappa shape index (κ2) is 5.40. The summed E-state index contributed by atoms with van der Waals surface area (Å²) >= 11 is 0. The fraction of sp³-hybridized carbons (Fsp3) is 0.727. The molecule has 0 heteroatoms.